The molecule has 34 heavy (non-hydrogen) atoms. The number of ether oxygens (including phenoxy) is 1. The minimum absolute atomic E-state index is 0.0195. The summed E-state index contributed by atoms with van der Waals surface area (Å²) in [7, 11) is 0. The number of likely N-dealkylation sites (N-methyl/N-ethyl adjacent to an activating group) is 1. The number of carbonyl (C=O) groups is 2. The molecule has 2 fully saturated rings. The van der Waals surface area contributed by atoms with Gasteiger partial charge in [0.25, 0.3) is 0 Å². The molecule has 9 heteroatoms. The van der Waals surface area contributed by atoms with Crippen molar-refractivity contribution < 1.29 is 14.3 Å². The smallest absolute Gasteiger partial charge is 0.243 e. The number of rotatable bonds is 8. The Bertz CT molecular complexity index is 950. The number of nitrogens with zero attached hydrogens (tertiary/aromatic N) is 4. The van der Waals surface area contributed by atoms with Crippen LogP contribution in [-0.4, -0.2) is 79.1 Å². The number of piperidine rings is 1. The van der Waals surface area contributed by atoms with Crippen LogP contribution in [0.2, 0.25) is 0 Å². The van der Waals surface area contributed by atoms with Gasteiger partial charge in [-0.1, -0.05) is 0 Å². The Morgan fingerprint density at radius 2 is 1.85 bits per heavy atom. The van der Waals surface area contributed by atoms with Crippen LogP contribution < -0.4 is 10.2 Å². The number of carbonyl (C=O) groups excluding carboxylic acids is 2. The quantitative estimate of drug-likeness (QED) is 0.619. The van der Waals surface area contributed by atoms with Gasteiger partial charge < -0.3 is 19.9 Å². The number of aromatic nitrogens is 1. The number of aryl methyl sites for hydroxylation is 1. The summed E-state index contributed by atoms with van der Waals surface area (Å²) >= 11 is 1.68. The maximum Gasteiger partial charge on any atom is 0.243 e. The van der Waals surface area contributed by atoms with Crippen molar-refractivity contribution in [2.75, 3.05) is 62.7 Å². The fourth-order valence-electron chi connectivity index (χ4n) is 4.60. The van der Waals surface area contributed by atoms with E-state index >= 15 is 0 Å². The Balaban J connectivity index is 1.23. The first-order valence-electron chi connectivity index (χ1n) is 12.2. The van der Waals surface area contributed by atoms with Crippen LogP contribution in [-0.2, 0) is 20.9 Å². The second-order valence-electron chi connectivity index (χ2n) is 8.96. The van der Waals surface area contributed by atoms with E-state index in [9.17, 15) is 9.59 Å². The number of thiazole rings is 1. The molecule has 0 atom stereocenters. The standard InChI is InChI=1S/C25H35N5O3S/c1-3-29(25(32)20-8-10-28(11-9-20)16-22-18-34-19(2)26-22)17-24(31)27-21-4-6-23(7-5-21)30-12-14-33-15-13-30/h4-7,18,20H,3,8-17H2,1-2H3,(H,27,31). The number of likely N-dealkylation sites (tertiary alicyclic amines) is 1. The van der Waals surface area contributed by atoms with Crippen molar-refractivity contribution in [3.05, 3.63) is 40.3 Å². The van der Waals surface area contributed by atoms with Crippen LogP contribution >= 0.6 is 11.3 Å². The molecule has 184 valence electrons. The third kappa shape index (κ3) is 6.55. The zero-order chi connectivity index (χ0) is 23.9. The van der Waals surface area contributed by atoms with Gasteiger partial charge in [0, 0.05) is 48.9 Å². The molecule has 1 aromatic heterocycles. The molecule has 3 heterocycles. The van der Waals surface area contributed by atoms with Crippen LogP contribution in [0.25, 0.3) is 0 Å². The fourth-order valence-corrected chi connectivity index (χ4v) is 5.21. The minimum atomic E-state index is -0.161. The maximum absolute atomic E-state index is 13.1. The summed E-state index contributed by atoms with van der Waals surface area (Å²) < 4.78 is 5.40. The van der Waals surface area contributed by atoms with Crippen LogP contribution in [0.15, 0.2) is 29.6 Å². The lowest BCUT2D eigenvalue weighted by Crippen LogP contribution is -2.45. The normalized spacial score (nSPS) is 17.5. The van der Waals surface area contributed by atoms with Crippen molar-refractivity contribution in [3.63, 3.8) is 0 Å². The summed E-state index contributed by atoms with van der Waals surface area (Å²) in [6.07, 6.45) is 1.64. The van der Waals surface area contributed by atoms with Gasteiger partial charge in [-0.2, -0.15) is 0 Å². The number of hydrogen-bond acceptors (Lipinski definition) is 7. The summed E-state index contributed by atoms with van der Waals surface area (Å²) in [5.41, 5.74) is 2.98. The third-order valence-corrected chi connectivity index (χ3v) is 7.37. The highest BCUT2D eigenvalue weighted by molar-refractivity contribution is 7.09. The SMILES string of the molecule is CCN(CC(=O)Nc1ccc(N2CCOCC2)cc1)C(=O)C1CCN(Cc2csc(C)n2)CC1. The monoisotopic (exact) mass is 485 g/mol. The van der Waals surface area contributed by atoms with Crippen LogP contribution in [0.4, 0.5) is 11.4 Å². The van der Waals surface area contributed by atoms with Crippen molar-refractivity contribution in [2.45, 2.75) is 33.2 Å². The van der Waals surface area contributed by atoms with Crippen LogP contribution in [0, 0.1) is 12.8 Å². The van der Waals surface area contributed by atoms with Crippen LogP contribution in [0.3, 0.4) is 0 Å². The Hall–Kier alpha value is -2.49. The van der Waals surface area contributed by atoms with Crippen molar-refractivity contribution >= 4 is 34.5 Å². The van der Waals surface area contributed by atoms with Gasteiger partial charge in [-0.3, -0.25) is 14.5 Å². The molecule has 1 N–H and O–H groups in total. The average Bonchev–Trinajstić information content (AvgIpc) is 3.28. The molecular formula is C25H35N5O3S. The van der Waals surface area contributed by atoms with E-state index in [4.69, 9.17) is 4.74 Å². The largest absolute Gasteiger partial charge is 0.378 e. The zero-order valence-electron chi connectivity index (χ0n) is 20.2. The van der Waals surface area contributed by atoms with Gasteiger partial charge in [0.1, 0.15) is 0 Å². The predicted molar refractivity (Wildman–Crippen MR) is 135 cm³/mol. The number of nitrogens with one attached hydrogen (secondary N) is 1. The Kier molecular flexibility index (Phi) is 8.53. The average molecular weight is 486 g/mol. The molecule has 8 nitrogen and oxygen atoms in total. The van der Waals surface area contributed by atoms with E-state index in [0.717, 1.165) is 80.9 Å². The van der Waals surface area contributed by atoms with Gasteiger partial charge in [-0.25, -0.2) is 4.98 Å². The van der Waals surface area contributed by atoms with Crippen molar-refractivity contribution in [1.29, 1.82) is 0 Å². The minimum Gasteiger partial charge on any atom is -0.378 e. The highest BCUT2D eigenvalue weighted by atomic mass is 32.1. The molecule has 1 aromatic carbocycles. The van der Waals surface area contributed by atoms with Crippen molar-refractivity contribution in [2.24, 2.45) is 5.92 Å². The number of morpholine rings is 1. The van der Waals surface area contributed by atoms with E-state index in [1.165, 1.54) is 0 Å². The summed E-state index contributed by atoms with van der Waals surface area (Å²) in [5, 5.41) is 6.14. The highest BCUT2D eigenvalue weighted by Crippen LogP contribution is 2.22. The molecule has 0 spiro atoms. The number of hydrogen-bond donors (Lipinski definition) is 1. The van der Waals surface area contributed by atoms with Gasteiger partial charge in [0.05, 0.1) is 30.5 Å². The van der Waals surface area contributed by atoms with Crippen molar-refractivity contribution in [1.82, 2.24) is 14.8 Å². The maximum atomic E-state index is 13.1. The van der Waals surface area contributed by atoms with Gasteiger partial charge in [0.15, 0.2) is 0 Å². The van der Waals surface area contributed by atoms with Crippen LogP contribution in [0.1, 0.15) is 30.5 Å². The van der Waals surface area contributed by atoms with E-state index in [2.05, 4.69) is 25.5 Å². The lowest BCUT2D eigenvalue weighted by atomic mass is 9.95. The number of amides is 2. The Morgan fingerprint density at radius 1 is 1.15 bits per heavy atom. The summed E-state index contributed by atoms with van der Waals surface area (Å²) in [5.74, 6) is -0.0934. The second-order valence-corrected chi connectivity index (χ2v) is 10.0. The lowest BCUT2D eigenvalue weighted by Gasteiger charge is -2.33. The summed E-state index contributed by atoms with van der Waals surface area (Å²) in [6, 6.07) is 7.87. The first kappa shape index (κ1) is 24.6. The zero-order valence-corrected chi connectivity index (χ0v) is 21.0. The molecule has 0 radical (unpaired) electrons. The molecule has 0 bridgehead atoms. The van der Waals surface area contributed by atoms with Gasteiger partial charge >= 0.3 is 0 Å². The molecule has 4 rings (SSSR count). The third-order valence-electron chi connectivity index (χ3n) is 6.54. The molecule has 0 aliphatic carbocycles. The molecule has 2 aliphatic heterocycles. The van der Waals surface area contributed by atoms with E-state index < -0.39 is 0 Å². The first-order valence-corrected chi connectivity index (χ1v) is 13.0. The van der Waals surface area contributed by atoms with Crippen molar-refractivity contribution in [3.8, 4) is 0 Å². The van der Waals surface area contributed by atoms with Crippen LogP contribution in [0.5, 0.6) is 0 Å². The number of anilines is 2. The fraction of sp³-hybridized carbons (Fsp3) is 0.560. The topological polar surface area (TPSA) is 78.0 Å². The Morgan fingerprint density at radius 3 is 2.47 bits per heavy atom. The van der Waals surface area contributed by atoms with E-state index in [1.54, 1.807) is 16.2 Å². The molecule has 2 aromatic rings. The van der Waals surface area contributed by atoms with Gasteiger partial charge in [0.2, 0.25) is 11.8 Å². The lowest BCUT2D eigenvalue weighted by molar-refractivity contribution is -0.139. The summed E-state index contributed by atoms with van der Waals surface area (Å²) in [6.45, 7) is 10.4. The molecule has 2 amide bonds. The predicted octanol–water partition coefficient (Wildman–Crippen LogP) is 2.99. The molecular weight excluding hydrogens is 450 g/mol. The molecule has 0 unspecified atom stereocenters. The van der Waals surface area contributed by atoms with E-state index in [-0.39, 0.29) is 24.3 Å². The first-order chi connectivity index (χ1) is 16.5. The second kappa shape index (κ2) is 11.8. The highest BCUT2D eigenvalue weighted by Gasteiger charge is 2.29. The van der Waals surface area contributed by atoms with E-state index in [1.807, 2.05) is 38.1 Å². The van der Waals surface area contributed by atoms with E-state index in [0.29, 0.717) is 6.54 Å². The van der Waals surface area contributed by atoms with Gasteiger partial charge in [-0.05, 0) is 64.0 Å². The molecule has 2 saturated heterocycles. The molecule has 2 aliphatic rings. The Labute approximate surface area is 205 Å². The summed E-state index contributed by atoms with van der Waals surface area (Å²) in [4.78, 5) is 36.6. The molecule has 0 saturated carbocycles. The number of benzene rings is 1. The van der Waals surface area contributed by atoms with Gasteiger partial charge in [-0.15, -0.1) is 11.3 Å².